The van der Waals surface area contributed by atoms with Crippen LogP contribution in [0.2, 0.25) is 0 Å². The van der Waals surface area contributed by atoms with Gasteiger partial charge >= 0.3 is 6.09 Å². The first kappa shape index (κ1) is 13.5. The van der Waals surface area contributed by atoms with Crippen molar-refractivity contribution in [3.63, 3.8) is 0 Å². The Kier molecular flexibility index (Phi) is 3.52. The first-order valence-corrected chi connectivity index (χ1v) is 6.88. The van der Waals surface area contributed by atoms with E-state index in [9.17, 15) is 4.79 Å². The van der Waals surface area contributed by atoms with Crippen molar-refractivity contribution >= 4 is 6.09 Å². The van der Waals surface area contributed by atoms with E-state index in [1.807, 2.05) is 61.5 Å². The molecular formula is C17H17NO3. The molecule has 21 heavy (non-hydrogen) atoms. The van der Waals surface area contributed by atoms with Crippen LogP contribution in [0.5, 0.6) is 5.75 Å². The van der Waals surface area contributed by atoms with Gasteiger partial charge in [-0.1, -0.05) is 42.5 Å². The number of cyclic esters (lactones) is 1. The number of rotatable bonds is 4. The van der Waals surface area contributed by atoms with Gasteiger partial charge in [0.25, 0.3) is 0 Å². The van der Waals surface area contributed by atoms with E-state index < -0.39 is 5.54 Å². The lowest BCUT2D eigenvalue weighted by Gasteiger charge is -2.21. The summed E-state index contributed by atoms with van der Waals surface area (Å²) in [5, 5.41) is 2.82. The molecule has 0 spiro atoms. The molecule has 0 aliphatic carbocycles. The second-order valence-corrected chi connectivity index (χ2v) is 5.33. The smallest absolute Gasteiger partial charge is 0.408 e. The fourth-order valence-electron chi connectivity index (χ4n) is 2.32. The molecule has 1 amide bonds. The predicted octanol–water partition coefficient (Wildman–Crippen LogP) is 3.22. The largest absolute Gasteiger partial charge is 0.489 e. The highest BCUT2D eigenvalue weighted by Gasteiger charge is 2.36. The monoisotopic (exact) mass is 283 g/mol. The van der Waals surface area contributed by atoms with Gasteiger partial charge in [-0.05, 0) is 30.2 Å². The Morgan fingerprint density at radius 1 is 1.14 bits per heavy atom. The summed E-state index contributed by atoms with van der Waals surface area (Å²) in [4.78, 5) is 11.2. The molecule has 1 aliphatic rings. The molecule has 1 fully saturated rings. The lowest BCUT2D eigenvalue weighted by molar-refractivity contribution is 0.173. The Labute approximate surface area is 123 Å². The van der Waals surface area contributed by atoms with Crippen LogP contribution in [-0.2, 0) is 16.9 Å². The van der Waals surface area contributed by atoms with E-state index in [-0.39, 0.29) is 6.09 Å². The number of hydrogen-bond acceptors (Lipinski definition) is 3. The van der Waals surface area contributed by atoms with Crippen LogP contribution in [0.25, 0.3) is 0 Å². The second-order valence-electron chi connectivity index (χ2n) is 5.33. The SMILES string of the molecule is CC1(c2ccc(OCc3ccccc3)cc2)COC(=O)N1. The summed E-state index contributed by atoms with van der Waals surface area (Å²) in [6, 6.07) is 17.8. The summed E-state index contributed by atoms with van der Waals surface area (Å²) < 4.78 is 10.7. The van der Waals surface area contributed by atoms with Gasteiger partial charge in [0, 0.05) is 0 Å². The minimum Gasteiger partial charge on any atom is -0.489 e. The van der Waals surface area contributed by atoms with Crippen LogP contribution in [0, 0.1) is 0 Å². The minimum absolute atomic E-state index is 0.343. The van der Waals surface area contributed by atoms with Crippen molar-refractivity contribution in [2.24, 2.45) is 0 Å². The number of alkyl carbamates (subject to hydrolysis) is 1. The Bertz CT molecular complexity index is 624. The molecule has 1 saturated heterocycles. The van der Waals surface area contributed by atoms with E-state index in [4.69, 9.17) is 9.47 Å². The number of nitrogens with one attached hydrogen (secondary N) is 1. The molecule has 3 rings (SSSR count). The van der Waals surface area contributed by atoms with Gasteiger partial charge in [0.05, 0.1) is 5.54 Å². The summed E-state index contributed by atoms with van der Waals surface area (Å²) >= 11 is 0. The molecule has 4 nitrogen and oxygen atoms in total. The van der Waals surface area contributed by atoms with Crippen LogP contribution < -0.4 is 10.1 Å². The number of carbonyl (C=O) groups is 1. The van der Waals surface area contributed by atoms with Gasteiger partial charge < -0.3 is 14.8 Å². The summed E-state index contributed by atoms with van der Waals surface area (Å²) in [7, 11) is 0. The first-order valence-electron chi connectivity index (χ1n) is 6.88. The zero-order valence-corrected chi connectivity index (χ0v) is 11.8. The molecule has 1 N–H and O–H groups in total. The van der Waals surface area contributed by atoms with Crippen molar-refractivity contribution in [2.75, 3.05) is 6.61 Å². The van der Waals surface area contributed by atoms with E-state index in [0.717, 1.165) is 16.9 Å². The molecule has 2 aromatic carbocycles. The highest BCUT2D eigenvalue weighted by molar-refractivity contribution is 5.71. The normalized spacial score (nSPS) is 20.7. The molecule has 1 aliphatic heterocycles. The highest BCUT2D eigenvalue weighted by Crippen LogP contribution is 2.27. The third kappa shape index (κ3) is 2.99. The van der Waals surface area contributed by atoms with Gasteiger partial charge in [-0.3, -0.25) is 0 Å². The van der Waals surface area contributed by atoms with E-state index in [1.54, 1.807) is 0 Å². The van der Waals surface area contributed by atoms with Gasteiger partial charge in [0.2, 0.25) is 0 Å². The molecule has 0 aromatic heterocycles. The topological polar surface area (TPSA) is 47.6 Å². The number of amides is 1. The molecule has 1 unspecified atom stereocenters. The molecule has 0 saturated carbocycles. The van der Waals surface area contributed by atoms with Crippen LogP contribution >= 0.6 is 0 Å². The second kappa shape index (κ2) is 5.48. The molecule has 1 heterocycles. The van der Waals surface area contributed by atoms with Crippen LogP contribution in [0.3, 0.4) is 0 Å². The maximum Gasteiger partial charge on any atom is 0.408 e. The molecule has 4 heteroatoms. The van der Waals surface area contributed by atoms with Crippen LogP contribution in [0.4, 0.5) is 4.79 Å². The minimum atomic E-state index is -0.463. The summed E-state index contributed by atoms with van der Waals surface area (Å²) in [6.45, 7) is 2.82. The van der Waals surface area contributed by atoms with Crippen molar-refractivity contribution in [2.45, 2.75) is 19.1 Å². The Balaban J connectivity index is 1.66. The maximum atomic E-state index is 11.2. The van der Waals surface area contributed by atoms with Crippen LogP contribution in [0.1, 0.15) is 18.1 Å². The molecule has 0 bridgehead atoms. The summed E-state index contributed by atoms with van der Waals surface area (Å²) in [5.74, 6) is 0.802. The lowest BCUT2D eigenvalue weighted by Crippen LogP contribution is -2.37. The molecule has 2 aromatic rings. The van der Waals surface area contributed by atoms with Crippen LogP contribution in [-0.4, -0.2) is 12.7 Å². The number of ether oxygens (including phenoxy) is 2. The van der Waals surface area contributed by atoms with Crippen molar-refractivity contribution in [1.29, 1.82) is 0 Å². The zero-order chi connectivity index (χ0) is 14.7. The van der Waals surface area contributed by atoms with Crippen molar-refractivity contribution in [3.8, 4) is 5.75 Å². The molecular weight excluding hydrogens is 266 g/mol. The van der Waals surface area contributed by atoms with Crippen molar-refractivity contribution in [3.05, 3.63) is 65.7 Å². The van der Waals surface area contributed by atoms with Crippen LogP contribution in [0.15, 0.2) is 54.6 Å². The number of hydrogen-bond donors (Lipinski definition) is 1. The van der Waals surface area contributed by atoms with Gasteiger partial charge in [-0.2, -0.15) is 0 Å². The fraction of sp³-hybridized carbons (Fsp3) is 0.235. The van der Waals surface area contributed by atoms with Gasteiger partial charge in [-0.15, -0.1) is 0 Å². The van der Waals surface area contributed by atoms with E-state index in [0.29, 0.717) is 13.2 Å². The predicted molar refractivity (Wildman–Crippen MR) is 79.1 cm³/mol. The molecule has 1 atom stereocenters. The standard InChI is InChI=1S/C17H17NO3/c1-17(12-21-16(19)18-17)14-7-9-15(10-8-14)20-11-13-5-3-2-4-6-13/h2-10H,11-12H2,1H3,(H,18,19). The van der Waals surface area contributed by atoms with Gasteiger partial charge in [0.15, 0.2) is 0 Å². The fourth-order valence-corrected chi connectivity index (χ4v) is 2.32. The van der Waals surface area contributed by atoms with Gasteiger partial charge in [-0.25, -0.2) is 4.79 Å². The van der Waals surface area contributed by atoms with E-state index in [1.165, 1.54) is 0 Å². The summed E-state index contributed by atoms with van der Waals surface area (Å²) in [6.07, 6.45) is -0.373. The Hall–Kier alpha value is -2.49. The van der Waals surface area contributed by atoms with Crippen molar-refractivity contribution < 1.29 is 14.3 Å². The average molecular weight is 283 g/mol. The molecule has 108 valence electrons. The summed E-state index contributed by atoms with van der Waals surface area (Å²) in [5.41, 5.74) is 1.67. The average Bonchev–Trinajstić information content (AvgIpc) is 2.87. The third-order valence-electron chi connectivity index (χ3n) is 3.61. The lowest BCUT2D eigenvalue weighted by atomic mass is 9.94. The number of benzene rings is 2. The Morgan fingerprint density at radius 3 is 2.48 bits per heavy atom. The molecule has 0 radical (unpaired) electrons. The van der Waals surface area contributed by atoms with Gasteiger partial charge in [0.1, 0.15) is 19.0 Å². The highest BCUT2D eigenvalue weighted by atomic mass is 16.6. The quantitative estimate of drug-likeness (QED) is 0.937. The first-order chi connectivity index (χ1) is 10.2. The zero-order valence-electron chi connectivity index (χ0n) is 11.8. The van der Waals surface area contributed by atoms with E-state index in [2.05, 4.69) is 5.32 Å². The van der Waals surface area contributed by atoms with Crippen molar-refractivity contribution in [1.82, 2.24) is 5.32 Å². The van der Waals surface area contributed by atoms with E-state index >= 15 is 0 Å². The maximum absolute atomic E-state index is 11.2. The number of carbonyl (C=O) groups excluding carboxylic acids is 1. The Morgan fingerprint density at radius 2 is 1.86 bits per heavy atom. The third-order valence-corrected chi connectivity index (χ3v) is 3.61.